The van der Waals surface area contributed by atoms with Crippen LogP contribution in [0.3, 0.4) is 0 Å². The van der Waals surface area contributed by atoms with Crippen LogP contribution in [0.4, 0.5) is 0 Å². The van der Waals surface area contributed by atoms with Crippen molar-refractivity contribution in [1.82, 2.24) is 5.32 Å². The Bertz CT molecular complexity index is 1500. The second-order valence-electron chi connectivity index (χ2n) is 30.6. The number of amides is 1. The second kappa shape index (κ2) is 84.8. The molecule has 0 aromatic rings. The van der Waals surface area contributed by atoms with Crippen LogP contribution in [0, 0.1) is 0 Å². The largest absolute Gasteiger partial charge is 0.466 e. The highest BCUT2D eigenvalue weighted by molar-refractivity contribution is 5.76. The Morgan fingerprint density at radius 3 is 0.811 bits per heavy atom. The van der Waals surface area contributed by atoms with Crippen molar-refractivity contribution < 1.29 is 24.5 Å². The van der Waals surface area contributed by atoms with Crippen LogP contribution in [0.2, 0.25) is 0 Å². The summed E-state index contributed by atoms with van der Waals surface area (Å²) < 4.78 is 5.52. The third-order valence-corrected chi connectivity index (χ3v) is 21.0. The third-order valence-electron chi connectivity index (χ3n) is 21.0. The summed E-state index contributed by atoms with van der Waals surface area (Å²) in [5.41, 5.74) is 0. The summed E-state index contributed by atoms with van der Waals surface area (Å²) in [6.45, 7) is 5.00. The first-order chi connectivity index (χ1) is 47.0. The summed E-state index contributed by atoms with van der Waals surface area (Å²) in [6.07, 6.45) is 110. The summed E-state index contributed by atoms with van der Waals surface area (Å²) in [4.78, 5) is 24.7. The molecule has 1 amide bonds. The molecule has 0 rings (SSSR count). The molecule has 0 aromatic carbocycles. The lowest BCUT2D eigenvalue weighted by molar-refractivity contribution is -0.143. The fraction of sp³-hybridized carbons (Fsp3) is 0.933. The molecule has 95 heavy (non-hydrogen) atoms. The molecular formula is C89H173NO5. The Hall–Kier alpha value is -1.66. The molecule has 2 unspecified atom stereocenters. The summed E-state index contributed by atoms with van der Waals surface area (Å²) in [5, 5.41) is 23.5. The Kier molecular flexibility index (Phi) is 83.3. The number of esters is 1. The fourth-order valence-electron chi connectivity index (χ4n) is 14.3. The molecule has 564 valence electrons. The lowest BCUT2D eigenvalue weighted by atomic mass is 10.0. The molecule has 0 spiro atoms. The Morgan fingerprint density at radius 1 is 0.295 bits per heavy atom. The third kappa shape index (κ3) is 81.2. The van der Waals surface area contributed by atoms with E-state index in [4.69, 9.17) is 4.74 Å². The van der Waals surface area contributed by atoms with Crippen LogP contribution < -0.4 is 5.32 Å². The van der Waals surface area contributed by atoms with Gasteiger partial charge in [-0.1, -0.05) is 462 Å². The number of rotatable bonds is 84. The number of hydrogen-bond donors (Lipinski definition) is 3. The maximum atomic E-state index is 12.6. The first-order valence-electron chi connectivity index (χ1n) is 44.1. The van der Waals surface area contributed by atoms with E-state index in [1.54, 1.807) is 0 Å². The number of ether oxygens (including phenoxy) is 1. The van der Waals surface area contributed by atoms with Crippen molar-refractivity contribution in [3.8, 4) is 0 Å². The van der Waals surface area contributed by atoms with Gasteiger partial charge in [0, 0.05) is 12.8 Å². The number of carbonyl (C=O) groups excluding carboxylic acids is 2. The molecule has 0 aliphatic rings. The zero-order valence-corrected chi connectivity index (χ0v) is 64.9. The van der Waals surface area contributed by atoms with Gasteiger partial charge in [0.05, 0.1) is 25.4 Å². The predicted molar refractivity (Wildman–Crippen MR) is 421 cm³/mol. The molecule has 0 aliphatic heterocycles. The quantitative estimate of drug-likeness (QED) is 0.0320. The van der Waals surface area contributed by atoms with Crippen LogP contribution in [0.5, 0.6) is 0 Å². The van der Waals surface area contributed by atoms with E-state index in [1.165, 1.54) is 424 Å². The molecule has 6 nitrogen and oxygen atoms in total. The summed E-state index contributed by atoms with van der Waals surface area (Å²) >= 11 is 0. The van der Waals surface area contributed by atoms with Gasteiger partial charge >= 0.3 is 5.97 Å². The Morgan fingerprint density at radius 2 is 0.526 bits per heavy atom. The molecule has 0 bridgehead atoms. The highest BCUT2D eigenvalue weighted by atomic mass is 16.5. The normalized spacial score (nSPS) is 12.5. The molecule has 0 saturated carbocycles. The van der Waals surface area contributed by atoms with Gasteiger partial charge in [0.25, 0.3) is 0 Å². The van der Waals surface area contributed by atoms with Crippen molar-refractivity contribution >= 4 is 11.9 Å². The number of hydrogen-bond acceptors (Lipinski definition) is 5. The van der Waals surface area contributed by atoms with Crippen LogP contribution >= 0.6 is 0 Å². The molecule has 0 heterocycles. The zero-order chi connectivity index (χ0) is 68.4. The minimum Gasteiger partial charge on any atom is -0.466 e. The molecule has 0 aromatic heterocycles. The Labute approximate surface area is 596 Å². The highest BCUT2D eigenvalue weighted by Gasteiger charge is 2.20. The van der Waals surface area contributed by atoms with Gasteiger partial charge in [-0.05, 0) is 57.8 Å². The highest BCUT2D eigenvalue weighted by Crippen LogP contribution is 2.21. The average molecular weight is 1340 g/mol. The van der Waals surface area contributed by atoms with Crippen LogP contribution in [0.1, 0.15) is 508 Å². The van der Waals surface area contributed by atoms with Crippen LogP contribution in [-0.2, 0) is 14.3 Å². The van der Waals surface area contributed by atoms with E-state index in [0.29, 0.717) is 25.9 Å². The molecule has 0 fully saturated rings. The summed E-state index contributed by atoms with van der Waals surface area (Å²) in [6, 6.07) is -0.539. The van der Waals surface area contributed by atoms with Crippen molar-refractivity contribution in [2.45, 2.75) is 520 Å². The van der Waals surface area contributed by atoms with Gasteiger partial charge in [-0.15, -0.1) is 0 Å². The monoisotopic (exact) mass is 1340 g/mol. The molecule has 6 heteroatoms. The van der Waals surface area contributed by atoms with E-state index in [2.05, 4.69) is 43.5 Å². The fourth-order valence-corrected chi connectivity index (χ4v) is 14.3. The van der Waals surface area contributed by atoms with E-state index in [-0.39, 0.29) is 18.5 Å². The number of nitrogens with one attached hydrogen (secondary N) is 1. The van der Waals surface area contributed by atoms with Gasteiger partial charge in [-0.25, -0.2) is 0 Å². The molecular weight excluding hydrogens is 1160 g/mol. The van der Waals surface area contributed by atoms with Crippen molar-refractivity contribution in [2.75, 3.05) is 13.2 Å². The topological polar surface area (TPSA) is 95.9 Å². The van der Waals surface area contributed by atoms with Gasteiger partial charge in [0.1, 0.15) is 0 Å². The number of aliphatic hydroxyl groups is 2. The molecule has 0 radical (unpaired) electrons. The van der Waals surface area contributed by atoms with E-state index < -0.39 is 12.1 Å². The minimum atomic E-state index is -0.662. The summed E-state index contributed by atoms with van der Waals surface area (Å²) in [5.74, 6) is -0.00653. The lowest BCUT2D eigenvalue weighted by Gasteiger charge is -2.22. The molecule has 0 aliphatic carbocycles. The first-order valence-corrected chi connectivity index (χ1v) is 44.1. The summed E-state index contributed by atoms with van der Waals surface area (Å²) in [7, 11) is 0. The van der Waals surface area contributed by atoms with Crippen molar-refractivity contribution in [1.29, 1.82) is 0 Å². The van der Waals surface area contributed by atoms with Crippen LogP contribution in [-0.4, -0.2) is 47.4 Å². The number of aliphatic hydroxyl groups excluding tert-OH is 2. The molecule has 2 atom stereocenters. The first kappa shape index (κ1) is 93.3. The Balaban J connectivity index is 3.31. The average Bonchev–Trinajstić information content (AvgIpc) is 3.31. The van der Waals surface area contributed by atoms with Gasteiger partial charge in [0.2, 0.25) is 5.91 Å². The number of allylic oxidation sites excluding steroid dienone is 4. The standard InChI is InChI=1S/C89H173NO5/c1-3-5-7-9-11-13-15-17-19-21-23-24-25-37-40-43-46-49-53-57-61-65-69-73-77-81-87(92)86(85-91)90-88(93)82-78-74-70-66-62-58-54-50-47-44-41-38-35-33-31-29-27-26-28-30-32-34-36-39-42-45-48-52-56-60-64-68-72-76-80-84-95-89(94)83-79-75-71-67-63-59-55-51-22-20-18-16-14-12-10-8-6-4-2/h14,16,20,22,86-87,91-92H,3-13,15,17-19,21,23-85H2,1-2H3,(H,90,93)/b16-14-,22-20-. The van der Waals surface area contributed by atoms with Crippen LogP contribution in [0.15, 0.2) is 24.3 Å². The van der Waals surface area contributed by atoms with E-state index in [0.717, 1.165) is 51.4 Å². The maximum absolute atomic E-state index is 12.6. The second-order valence-corrected chi connectivity index (χ2v) is 30.6. The van der Waals surface area contributed by atoms with E-state index in [9.17, 15) is 19.8 Å². The van der Waals surface area contributed by atoms with Gasteiger partial charge in [-0.2, -0.15) is 0 Å². The van der Waals surface area contributed by atoms with Gasteiger partial charge in [0.15, 0.2) is 0 Å². The predicted octanol–water partition coefficient (Wildman–Crippen LogP) is 29.6. The smallest absolute Gasteiger partial charge is 0.305 e. The van der Waals surface area contributed by atoms with Crippen molar-refractivity contribution in [3.05, 3.63) is 24.3 Å². The van der Waals surface area contributed by atoms with E-state index in [1.807, 2.05) is 0 Å². The minimum absolute atomic E-state index is 0.0165. The van der Waals surface area contributed by atoms with Crippen molar-refractivity contribution in [2.24, 2.45) is 0 Å². The van der Waals surface area contributed by atoms with Gasteiger partial charge in [-0.3, -0.25) is 9.59 Å². The number of carbonyl (C=O) groups is 2. The maximum Gasteiger partial charge on any atom is 0.305 e. The van der Waals surface area contributed by atoms with E-state index >= 15 is 0 Å². The van der Waals surface area contributed by atoms with Crippen molar-refractivity contribution in [3.63, 3.8) is 0 Å². The van der Waals surface area contributed by atoms with Gasteiger partial charge < -0.3 is 20.3 Å². The SMILES string of the molecule is CCCCCC/C=C\C/C=C\CCCCCCCCCC(=O)OCCCCCCCCCCCCCCCCCCCCCCCCCCCCCCCCCCCCCC(=O)NC(CO)C(O)CCCCCCCCCCCCCCCCCCCCCCCCCCC. The zero-order valence-electron chi connectivity index (χ0n) is 64.9. The number of unbranched alkanes of at least 4 members (excludes halogenated alkanes) is 69. The molecule has 3 N–H and O–H groups in total. The van der Waals surface area contributed by atoms with Crippen LogP contribution in [0.25, 0.3) is 0 Å². The lowest BCUT2D eigenvalue weighted by Crippen LogP contribution is -2.45. The molecule has 0 saturated heterocycles.